The van der Waals surface area contributed by atoms with Gasteiger partial charge in [-0.05, 0) is 47.5 Å². The number of aromatic nitrogens is 1. The van der Waals surface area contributed by atoms with Gasteiger partial charge in [-0.15, -0.1) is 11.3 Å². The minimum absolute atomic E-state index is 0.169. The first kappa shape index (κ1) is 16.4. The Morgan fingerprint density at radius 3 is 2.76 bits per heavy atom. The van der Waals surface area contributed by atoms with Gasteiger partial charge in [0.2, 0.25) is 10.0 Å². The van der Waals surface area contributed by atoms with Crippen LogP contribution in [0.5, 0.6) is 0 Å². The molecule has 114 valence electrons. The van der Waals surface area contributed by atoms with E-state index in [2.05, 4.69) is 25.6 Å². The van der Waals surface area contributed by atoms with E-state index in [1.165, 1.54) is 23.5 Å². The largest absolute Gasteiger partial charge is 0.398 e. The number of anilines is 1. The van der Waals surface area contributed by atoms with Crippen molar-refractivity contribution in [3.63, 3.8) is 0 Å². The molecule has 2 rings (SSSR count). The smallest absolute Gasteiger partial charge is 0.241 e. The van der Waals surface area contributed by atoms with Gasteiger partial charge in [-0.3, -0.25) is 0 Å². The molecule has 0 radical (unpaired) electrons. The van der Waals surface area contributed by atoms with E-state index in [1.54, 1.807) is 19.2 Å². The SMILES string of the molecule is CCc1cnc(C(C)NS(=O)(=O)c2ccc(N)c(Br)c2)s1. The van der Waals surface area contributed by atoms with Crippen molar-refractivity contribution in [2.45, 2.75) is 31.2 Å². The summed E-state index contributed by atoms with van der Waals surface area (Å²) in [5.41, 5.74) is 6.17. The molecule has 0 saturated carbocycles. The number of nitrogens with one attached hydrogen (secondary N) is 1. The van der Waals surface area contributed by atoms with Crippen LogP contribution in [0.1, 0.15) is 29.8 Å². The molecular weight excluding hydrogens is 374 g/mol. The number of sulfonamides is 1. The molecule has 0 fully saturated rings. The van der Waals surface area contributed by atoms with Gasteiger partial charge in [0.15, 0.2) is 0 Å². The van der Waals surface area contributed by atoms with Crippen LogP contribution in [0.4, 0.5) is 5.69 Å². The van der Waals surface area contributed by atoms with Crippen LogP contribution in [0.2, 0.25) is 0 Å². The number of nitrogens with two attached hydrogens (primary N) is 1. The van der Waals surface area contributed by atoms with Gasteiger partial charge in [-0.2, -0.15) is 0 Å². The zero-order valence-corrected chi connectivity index (χ0v) is 14.8. The van der Waals surface area contributed by atoms with Crippen LogP contribution in [-0.4, -0.2) is 13.4 Å². The highest BCUT2D eigenvalue weighted by atomic mass is 79.9. The number of hydrogen-bond acceptors (Lipinski definition) is 5. The van der Waals surface area contributed by atoms with Crippen molar-refractivity contribution < 1.29 is 8.42 Å². The highest BCUT2D eigenvalue weighted by Gasteiger charge is 2.20. The molecule has 0 saturated heterocycles. The lowest BCUT2D eigenvalue weighted by Gasteiger charge is -2.12. The van der Waals surface area contributed by atoms with Crippen LogP contribution in [-0.2, 0) is 16.4 Å². The topological polar surface area (TPSA) is 85.1 Å². The molecule has 1 aromatic carbocycles. The van der Waals surface area contributed by atoms with Crippen molar-refractivity contribution in [2.24, 2.45) is 0 Å². The van der Waals surface area contributed by atoms with E-state index in [0.29, 0.717) is 10.2 Å². The Hall–Kier alpha value is -0.960. The molecule has 1 aromatic heterocycles. The van der Waals surface area contributed by atoms with E-state index >= 15 is 0 Å². The molecule has 1 atom stereocenters. The third kappa shape index (κ3) is 3.82. The third-order valence-electron chi connectivity index (χ3n) is 2.90. The van der Waals surface area contributed by atoms with Crippen LogP contribution >= 0.6 is 27.3 Å². The predicted molar refractivity (Wildman–Crippen MR) is 88.8 cm³/mol. The van der Waals surface area contributed by atoms with E-state index in [9.17, 15) is 8.42 Å². The standard InChI is InChI=1S/C13H16BrN3O2S2/c1-3-9-7-16-13(20-9)8(2)17-21(18,19)10-4-5-12(15)11(14)6-10/h4-8,17H,3,15H2,1-2H3. The van der Waals surface area contributed by atoms with Gasteiger partial charge in [0, 0.05) is 21.2 Å². The van der Waals surface area contributed by atoms with Gasteiger partial charge in [0.25, 0.3) is 0 Å². The summed E-state index contributed by atoms with van der Waals surface area (Å²) in [5, 5.41) is 0.755. The van der Waals surface area contributed by atoms with Gasteiger partial charge >= 0.3 is 0 Å². The van der Waals surface area contributed by atoms with E-state index in [0.717, 1.165) is 16.3 Å². The highest BCUT2D eigenvalue weighted by Crippen LogP contribution is 2.25. The molecule has 0 aliphatic heterocycles. The number of benzene rings is 1. The number of aryl methyl sites for hydroxylation is 1. The van der Waals surface area contributed by atoms with Crippen molar-refractivity contribution in [3.8, 4) is 0 Å². The van der Waals surface area contributed by atoms with E-state index < -0.39 is 10.0 Å². The number of nitrogens with zero attached hydrogens (tertiary/aromatic N) is 1. The average molecular weight is 390 g/mol. The molecule has 21 heavy (non-hydrogen) atoms. The number of halogens is 1. The first-order valence-corrected chi connectivity index (χ1v) is 9.44. The van der Waals surface area contributed by atoms with Gasteiger partial charge in [0.1, 0.15) is 5.01 Å². The molecule has 0 aliphatic carbocycles. The Morgan fingerprint density at radius 1 is 1.48 bits per heavy atom. The molecule has 0 aliphatic rings. The quantitative estimate of drug-likeness (QED) is 0.769. The first-order chi connectivity index (χ1) is 9.83. The fraction of sp³-hybridized carbons (Fsp3) is 0.308. The zero-order chi connectivity index (χ0) is 15.6. The summed E-state index contributed by atoms with van der Waals surface area (Å²) in [6.45, 7) is 3.82. The third-order valence-corrected chi connectivity index (χ3v) is 6.45. The van der Waals surface area contributed by atoms with Crippen LogP contribution < -0.4 is 10.5 Å². The minimum Gasteiger partial charge on any atom is -0.398 e. The molecule has 1 unspecified atom stereocenters. The Bertz CT molecular complexity index is 744. The Morgan fingerprint density at radius 2 is 2.19 bits per heavy atom. The van der Waals surface area contributed by atoms with Crippen molar-refractivity contribution in [2.75, 3.05) is 5.73 Å². The van der Waals surface area contributed by atoms with Gasteiger partial charge in [-0.25, -0.2) is 18.1 Å². The minimum atomic E-state index is -3.61. The molecular formula is C13H16BrN3O2S2. The summed E-state index contributed by atoms with van der Waals surface area (Å²) in [6.07, 6.45) is 2.67. The van der Waals surface area contributed by atoms with E-state index in [1.807, 2.05) is 6.92 Å². The van der Waals surface area contributed by atoms with Crippen molar-refractivity contribution in [1.82, 2.24) is 9.71 Å². The fourth-order valence-corrected chi connectivity index (χ4v) is 4.41. The lowest BCUT2D eigenvalue weighted by molar-refractivity contribution is 0.566. The number of rotatable bonds is 5. The highest BCUT2D eigenvalue weighted by molar-refractivity contribution is 9.10. The summed E-state index contributed by atoms with van der Waals surface area (Å²) in [7, 11) is -3.61. The maximum Gasteiger partial charge on any atom is 0.241 e. The molecule has 3 N–H and O–H groups in total. The van der Waals surface area contributed by atoms with E-state index in [4.69, 9.17) is 5.73 Å². The Kier molecular flexibility index (Phi) is 5.03. The second-order valence-corrected chi connectivity index (χ2v) is 8.26. The predicted octanol–water partition coefficient (Wildman–Crippen LogP) is 3.09. The second kappa shape index (κ2) is 6.43. The average Bonchev–Trinajstić information content (AvgIpc) is 2.90. The number of thiazole rings is 1. The monoisotopic (exact) mass is 389 g/mol. The van der Waals surface area contributed by atoms with Gasteiger partial charge in [-0.1, -0.05) is 6.92 Å². The molecule has 1 heterocycles. The zero-order valence-electron chi connectivity index (χ0n) is 11.6. The first-order valence-electron chi connectivity index (χ1n) is 6.35. The lowest BCUT2D eigenvalue weighted by Crippen LogP contribution is -2.26. The number of hydrogen-bond donors (Lipinski definition) is 2. The maximum absolute atomic E-state index is 12.4. The molecule has 0 bridgehead atoms. The van der Waals surface area contributed by atoms with E-state index in [-0.39, 0.29) is 10.9 Å². The molecule has 8 heteroatoms. The van der Waals surface area contributed by atoms with Crippen LogP contribution in [0.15, 0.2) is 33.8 Å². The molecule has 2 aromatic rings. The number of nitrogen functional groups attached to an aromatic ring is 1. The summed E-state index contributed by atoms with van der Waals surface area (Å²) >= 11 is 4.75. The molecule has 0 spiro atoms. The Balaban J connectivity index is 2.22. The van der Waals surface area contributed by atoms with Gasteiger partial charge in [0.05, 0.1) is 10.9 Å². The van der Waals surface area contributed by atoms with Crippen molar-refractivity contribution in [3.05, 3.63) is 38.8 Å². The fourth-order valence-electron chi connectivity index (χ4n) is 1.71. The molecule has 5 nitrogen and oxygen atoms in total. The van der Waals surface area contributed by atoms with Crippen molar-refractivity contribution in [1.29, 1.82) is 0 Å². The lowest BCUT2D eigenvalue weighted by atomic mass is 10.3. The second-order valence-electron chi connectivity index (χ2n) is 4.54. The maximum atomic E-state index is 12.4. The normalized spacial score (nSPS) is 13.3. The summed E-state index contributed by atoms with van der Waals surface area (Å²) in [4.78, 5) is 5.56. The summed E-state index contributed by atoms with van der Waals surface area (Å²) in [5.74, 6) is 0. The van der Waals surface area contributed by atoms with Crippen molar-refractivity contribution >= 4 is 43.0 Å². The summed E-state index contributed by atoms with van der Waals surface area (Å²) < 4.78 is 27.9. The molecule has 0 amide bonds. The Labute approximate surface area is 136 Å². The van der Waals surface area contributed by atoms with Gasteiger partial charge < -0.3 is 5.73 Å². The van der Waals surface area contributed by atoms with Crippen LogP contribution in [0.25, 0.3) is 0 Å². The van der Waals surface area contributed by atoms with Crippen LogP contribution in [0.3, 0.4) is 0 Å². The summed E-state index contributed by atoms with van der Waals surface area (Å²) in [6, 6.07) is 4.15. The van der Waals surface area contributed by atoms with Crippen LogP contribution in [0, 0.1) is 0 Å².